The molecule has 5 nitrogen and oxygen atoms in total. The molecule has 0 aliphatic carbocycles. The number of carbonyl (C=O) groups is 2. The second-order valence-electron chi connectivity index (χ2n) is 4.20. The molecule has 0 aliphatic heterocycles. The lowest BCUT2D eigenvalue weighted by Gasteiger charge is -2.07. The van der Waals surface area contributed by atoms with E-state index in [1.54, 1.807) is 19.3 Å². The molecular weight excluding hydrogens is 264 g/mol. The predicted molar refractivity (Wildman–Crippen MR) is 74.0 cm³/mol. The van der Waals surface area contributed by atoms with Gasteiger partial charge in [0.25, 0.3) is 0 Å². The molecule has 0 saturated heterocycles. The molecule has 2 N–H and O–H groups in total. The summed E-state index contributed by atoms with van der Waals surface area (Å²) in [5.74, 6) is -0.828. The van der Waals surface area contributed by atoms with Crippen LogP contribution in [0, 0.1) is 5.92 Å². The van der Waals surface area contributed by atoms with Crippen LogP contribution in [0.1, 0.15) is 19.8 Å². The Morgan fingerprint density at radius 1 is 1.42 bits per heavy atom. The third-order valence-corrected chi connectivity index (χ3v) is 3.59. The van der Waals surface area contributed by atoms with Gasteiger partial charge in [-0.05, 0) is 25.0 Å². The Morgan fingerprint density at radius 2 is 2.11 bits per heavy atom. The monoisotopic (exact) mass is 282 g/mol. The number of hydrogen-bond acceptors (Lipinski definition) is 4. The molecule has 1 heterocycles. The van der Waals surface area contributed by atoms with E-state index < -0.39 is 5.97 Å². The Hall–Kier alpha value is -1.56. The van der Waals surface area contributed by atoms with Crippen molar-refractivity contribution in [3.63, 3.8) is 0 Å². The first kappa shape index (κ1) is 15.5. The number of amides is 1. The van der Waals surface area contributed by atoms with Crippen LogP contribution < -0.4 is 5.32 Å². The van der Waals surface area contributed by atoms with Crippen LogP contribution in [0.3, 0.4) is 0 Å². The number of rotatable bonds is 8. The Labute approximate surface area is 116 Å². The Bertz CT molecular complexity index is 412. The van der Waals surface area contributed by atoms with Crippen LogP contribution >= 0.6 is 11.8 Å². The molecule has 0 fully saturated rings. The van der Waals surface area contributed by atoms with Crippen molar-refractivity contribution in [3.8, 4) is 0 Å². The number of carboxylic acids is 1. The van der Waals surface area contributed by atoms with Crippen LogP contribution in [0.2, 0.25) is 0 Å². The topological polar surface area (TPSA) is 79.3 Å². The summed E-state index contributed by atoms with van der Waals surface area (Å²) in [6, 6.07) is 3.71. The largest absolute Gasteiger partial charge is 0.481 e. The van der Waals surface area contributed by atoms with Gasteiger partial charge in [-0.2, -0.15) is 0 Å². The lowest BCUT2D eigenvalue weighted by atomic mass is 10.1. The van der Waals surface area contributed by atoms with Crippen LogP contribution in [-0.2, 0) is 9.59 Å². The van der Waals surface area contributed by atoms with Gasteiger partial charge in [-0.1, -0.05) is 6.92 Å². The summed E-state index contributed by atoms with van der Waals surface area (Å²) in [4.78, 5) is 27.0. The predicted octanol–water partition coefficient (Wildman–Crippen LogP) is 1.79. The molecular formula is C13H18N2O3S. The summed E-state index contributed by atoms with van der Waals surface area (Å²) < 4.78 is 0. The zero-order valence-corrected chi connectivity index (χ0v) is 11.7. The van der Waals surface area contributed by atoms with Gasteiger partial charge in [-0.15, -0.1) is 11.8 Å². The van der Waals surface area contributed by atoms with E-state index in [1.165, 1.54) is 11.8 Å². The quantitative estimate of drug-likeness (QED) is 0.561. The molecule has 104 valence electrons. The van der Waals surface area contributed by atoms with Crippen LogP contribution in [0.15, 0.2) is 29.4 Å². The van der Waals surface area contributed by atoms with Crippen molar-refractivity contribution in [3.05, 3.63) is 24.5 Å². The van der Waals surface area contributed by atoms with Crippen LogP contribution in [0.4, 0.5) is 0 Å². The second-order valence-corrected chi connectivity index (χ2v) is 5.25. The third-order valence-electron chi connectivity index (χ3n) is 2.58. The van der Waals surface area contributed by atoms with Gasteiger partial charge in [0.1, 0.15) is 0 Å². The molecule has 0 bridgehead atoms. The molecule has 0 aliphatic rings. The zero-order chi connectivity index (χ0) is 14.1. The van der Waals surface area contributed by atoms with Crippen molar-refractivity contribution < 1.29 is 14.7 Å². The molecule has 1 aromatic heterocycles. The van der Waals surface area contributed by atoms with E-state index in [0.717, 1.165) is 4.90 Å². The Kier molecular flexibility index (Phi) is 6.95. The maximum absolute atomic E-state index is 11.5. The van der Waals surface area contributed by atoms with E-state index in [0.29, 0.717) is 25.1 Å². The van der Waals surface area contributed by atoms with Crippen molar-refractivity contribution in [2.45, 2.75) is 24.7 Å². The summed E-state index contributed by atoms with van der Waals surface area (Å²) >= 11 is 1.45. The summed E-state index contributed by atoms with van der Waals surface area (Å²) in [6.45, 7) is 2.19. The number of nitrogens with zero attached hydrogens (tertiary/aromatic N) is 1. The molecule has 1 amide bonds. The van der Waals surface area contributed by atoms with Crippen molar-refractivity contribution in [2.24, 2.45) is 5.92 Å². The first-order valence-electron chi connectivity index (χ1n) is 6.12. The minimum atomic E-state index is -0.792. The van der Waals surface area contributed by atoms with Crippen molar-refractivity contribution in [2.75, 3.05) is 12.3 Å². The van der Waals surface area contributed by atoms with Gasteiger partial charge >= 0.3 is 5.97 Å². The highest BCUT2D eigenvalue weighted by atomic mass is 32.2. The number of nitrogens with one attached hydrogen (secondary N) is 1. The number of thioether (sulfide) groups is 1. The lowest BCUT2D eigenvalue weighted by molar-refractivity contribution is -0.141. The number of hydrogen-bond donors (Lipinski definition) is 2. The highest BCUT2D eigenvalue weighted by Crippen LogP contribution is 2.15. The summed E-state index contributed by atoms with van der Waals surface area (Å²) in [6.07, 6.45) is 4.63. The third kappa shape index (κ3) is 6.81. The highest BCUT2D eigenvalue weighted by molar-refractivity contribution is 8.00. The molecule has 1 rings (SSSR count). The fourth-order valence-corrected chi connectivity index (χ4v) is 2.11. The maximum atomic E-state index is 11.5. The number of carbonyl (C=O) groups excluding carboxylic acids is 1. The smallest absolute Gasteiger partial charge is 0.306 e. The molecule has 1 atom stereocenters. The van der Waals surface area contributed by atoms with E-state index in [-0.39, 0.29) is 11.8 Å². The van der Waals surface area contributed by atoms with E-state index in [4.69, 9.17) is 5.11 Å². The zero-order valence-electron chi connectivity index (χ0n) is 10.8. The summed E-state index contributed by atoms with van der Waals surface area (Å²) in [7, 11) is 0. The van der Waals surface area contributed by atoms with Crippen molar-refractivity contribution in [1.29, 1.82) is 0 Å². The minimum absolute atomic E-state index is 0.0372. The number of aliphatic carboxylic acids is 1. The van der Waals surface area contributed by atoms with Gasteiger partial charge in [-0.25, -0.2) is 0 Å². The first-order chi connectivity index (χ1) is 9.09. The SMILES string of the molecule is CC(CCCNC(=O)CSc1ccncc1)C(=O)O. The van der Waals surface area contributed by atoms with Crippen molar-refractivity contribution >= 4 is 23.6 Å². The van der Waals surface area contributed by atoms with Crippen LogP contribution in [0.5, 0.6) is 0 Å². The second kappa shape index (κ2) is 8.53. The molecule has 6 heteroatoms. The maximum Gasteiger partial charge on any atom is 0.306 e. The molecule has 0 radical (unpaired) electrons. The number of carboxylic acid groups (broad SMARTS) is 1. The molecule has 0 saturated carbocycles. The molecule has 1 unspecified atom stereocenters. The average molecular weight is 282 g/mol. The summed E-state index contributed by atoms with van der Waals surface area (Å²) in [5.41, 5.74) is 0. The number of pyridine rings is 1. The van der Waals surface area contributed by atoms with Crippen LogP contribution in [0.25, 0.3) is 0 Å². The van der Waals surface area contributed by atoms with E-state index in [9.17, 15) is 9.59 Å². The summed E-state index contributed by atoms with van der Waals surface area (Å²) in [5, 5.41) is 11.5. The first-order valence-corrected chi connectivity index (χ1v) is 7.10. The highest BCUT2D eigenvalue weighted by Gasteiger charge is 2.10. The van der Waals surface area contributed by atoms with Gasteiger partial charge in [-0.3, -0.25) is 14.6 Å². The van der Waals surface area contributed by atoms with Crippen molar-refractivity contribution in [1.82, 2.24) is 10.3 Å². The lowest BCUT2D eigenvalue weighted by Crippen LogP contribution is -2.26. The van der Waals surface area contributed by atoms with Gasteiger partial charge in [0.05, 0.1) is 11.7 Å². The molecule has 0 spiro atoms. The van der Waals surface area contributed by atoms with Gasteiger partial charge in [0.15, 0.2) is 0 Å². The Balaban J connectivity index is 2.10. The molecule has 19 heavy (non-hydrogen) atoms. The average Bonchev–Trinajstić information content (AvgIpc) is 2.42. The van der Waals surface area contributed by atoms with Gasteiger partial charge in [0.2, 0.25) is 5.91 Å². The fourth-order valence-electron chi connectivity index (χ4n) is 1.39. The van der Waals surface area contributed by atoms with E-state index in [1.807, 2.05) is 12.1 Å². The number of aromatic nitrogens is 1. The Morgan fingerprint density at radius 3 is 2.74 bits per heavy atom. The normalized spacial score (nSPS) is 11.8. The standard InChI is InChI=1S/C13H18N2O3S/c1-10(13(17)18)3-2-6-15-12(16)9-19-11-4-7-14-8-5-11/h4-5,7-8,10H,2-3,6,9H2,1H3,(H,15,16)(H,17,18). The molecule has 0 aromatic carbocycles. The fraction of sp³-hybridized carbons (Fsp3) is 0.462. The van der Waals surface area contributed by atoms with E-state index in [2.05, 4.69) is 10.3 Å². The minimum Gasteiger partial charge on any atom is -0.481 e. The van der Waals surface area contributed by atoms with Gasteiger partial charge in [0, 0.05) is 23.8 Å². The molecule has 1 aromatic rings. The van der Waals surface area contributed by atoms with Crippen LogP contribution in [-0.4, -0.2) is 34.3 Å². The van der Waals surface area contributed by atoms with Gasteiger partial charge < -0.3 is 10.4 Å². The van der Waals surface area contributed by atoms with E-state index >= 15 is 0 Å².